The van der Waals surface area contributed by atoms with Crippen LogP contribution in [0.2, 0.25) is 5.02 Å². The molecule has 0 saturated heterocycles. The molecule has 3 N–H and O–H groups in total. The number of nitrogens with one attached hydrogen (secondary N) is 2. The van der Waals surface area contributed by atoms with Crippen LogP contribution in [-0.4, -0.2) is 55.4 Å². The molecule has 0 unspecified atom stereocenters. The van der Waals surface area contributed by atoms with Gasteiger partial charge < -0.3 is 20.3 Å². The monoisotopic (exact) mass is 602 g/mol. The van der Waals surface area contributed by atoms with Crippen LogP contribution in [0.3, 0.4) is 0 Å². The number of halogens is 1. The van der Waals surface area contributed by atoms with Crippen molar-refractivity contribution >= 4 is 45.4 Å². The van der Waals surface area contributed by atoms with Crippen LogP contribution in [-0.2, 0) is 6.54 Å². The van der Waals surface area contributed by atoms with E-state index in [1.165, 1.54) is 6.20 Å². The Bertz CT molecular complexity index is 1880. The minimum Gasteiger partial charge on any atom is -0.395 e. The van der Waals surface area contributed by atoms with E-state index >= 15 is 0 Å². The van der Waals surface area contributed by atoms with Gasteiger partial charge in [0.15, 0.2) is 11.3 Å². The predicted molar refractivity (Wildman–Crippen MR) is 162 cm³/mol. The summed E-state index contributed by atoms with van der Waals surface area (Å²) in [4.78, 5) is 43.3. The van der Waals surface area contributed by atoms with Gasteiger partial charge in [-0.05, 0) is 68.9 Å². The Morgan fingerprint density at radius 2 is 1.84 bits per heavy atom. The summed E-state index contributed by atoms with van der Waals surface area (Å²) in [5.74, 6) is -0.339. The zero-order valence-corrected chi connectivity index (χ0v) is 24.3. The van der Waals surface area contributed by atoms with E-state index < -0.39 is 5.91 Å². The molecule has 1 fully saturated rings. The van der Waals surface area contributed by atoms with E-state index in [1.54, 1.807) is 35.8 Å². The molecule has 1 aliphatic carbocycles. The highest BCUT2D eigenvalue weighted by Crippen LogP contribution is 2.29. The van der Waals surface area contributed by atoms with Gasteiger partial charge in [0.1, 0.15) is 0 Å². The van der Waals surface area contributed by atoms with Crippen LogP contribution in [0.25, 0.3) is 27.7 Å². The number of rotatable bonds is 8. The number of amides is 2. The number of pyridine rings is 1. The first-order chi connectivity index (χ1) is 20.8. The number of hydrogen-bond donors (Lipinski definition) is 3. The molecule has 1 saturated carbocycles. The quantitative estimate of drug-likeness (QED) is 0.243. The van der Waals surface area contributed by atoms with Gasteiger partial charge in [-0.25, -0.2) is 4.79 Å². The van der Waals surface area contributed by atoms with Gasteiger partial charge in [0.05, 0.1) is 45.0 Å². The number of nitrogens with zero attached hydrogens (tertiary/aromatic N) is 4. The van der Waals surface area contributed by atoms with Gasteiger partial charge in [0.25, 0.3) is 11.8 Å². The summed E-state index contributed by atoms with van der Waals surface area (Å²) in [5, 5.41) is 19.5. The number of para-hydroxylation sites is 2. The number of aliphatic hydroxyl groups is 1. The van der Waals surface area contributed by atoms with Crippen LogP contribution in [0.15, 0.2) is 64.0 Å². The maximum absolute atomic E-state index is 13.9. The lowest BCUT2D eigenvalue weighted by Crippen LogP contribution is -2.39. The van der Waals surface area contributed by atoms with Gasteiger partial charge in [-0.1, -0.05) is 28.9 Å². The number of hydrogen-bond acceptors (Lipinski definition) is 7. The molecule has 6 rings (SSSR count). The standard InChI is InChI=1S/C31H31ClN6O5/c1-18-24(14-20(32)16-34-18)29(40)35-21-8-6-19(7-9-21)17-37-25-4-2-3-5-26(25)38(31(37)42)22-10-11-23-27(15-22)43-36-28(23)30(41)33-12-13-39/h2-5,10-11,14-16,19,21,39H,6-9,12-13,17H2,1H3,(H,33,41)(H,35,40)/t19-,21-. The Hall–Kier alpha value is -4.48. The van der Waals surface area contributed by atoms with E-state index in [-0.39, 0.29) is 42.4 Å². The molecule has 0 atom stereocenters. The molecule has 12 heteroatoms. The zero-order chi connectivity index (χ0) is 30.1. The van der Waals surface area contributed by atoms with Gasteiger partial charge >= 0.3 is 5.69 Å². The number of carbonyl (C=O) groups excluding carboxylic acids is 2. The van der Waals surface area contributed by atoms with Crippen molar-refractivity contribution in [1.82, 2.24) is 29.9 Å². The Balaban J connectivity index is 1.20. The smallest absolute Gasteiger partial charge is 0.333 e. The van der Waals surface area contributed by atoms with Crippen molar-refractivity contribution in [2.45, 2.75) is 45.2 Å². The molecule has 0 spiro atoms. The molecule has 0 radical (unpaired) electrons. The predicted octanol–water partition coefficient (Wildman–Crippen LogP) is 4.00. The largest absolute Gasteiger partial charge is 0.395 e. The molecular weight excluding hydrogens is 572 g/mol. The first-order valence-corrected chi connectivity index (χ1v) is 14.6. The average molecular weight is 603 g/mol. The third kappa shape index (κ3) is 5.65. The lowest BCUT2D eigenvalue weighted by molar-refractivity contribution is 0.0916. The topological polar surface area (TPSA) is 144 Å². The Labute approximate surface area is 251 Å². The van der Waals surface area contributed by atoms with Gasteiger partial charge in [0.2, 0.25) is 0 Å². The Kier molecular flexibility index (Phi) is 8.00. The molecule has 43 heavy (non-hydrogen) atoms. The molecule has 1 aliphatic rings. The van der Waals surface area contributed by atoms with Gasteiger partial charge in [-0.15, -0.1) is 0 Å². The van der Waals surface area contributed by atoms with Crippen LogP contribution in [0.1, 0.15) is 52.2 Å². The van der Waals surface area contributed by atoms with Crippen molar-refractivity contribution in [3.63, 3.8) is 0 Å². The lowest BCUT2D eigenvalue weighted by atomic mass is 9.85. The third-order valence-corrected chi connectivity index (χ3v) is 8.29. The maximum atomic E-state index is 13.9. The van der Waals surface area contributed by atoms with Gasteiger partial charge in [-0.2, -0.15) is 0 Å². The molecule has 2 aromatic carbocycles. The highest BCUT2D eigenvalue weighted by molar-refractivity contribution is 6.30. The number of benzene rings is 2. The van der Waals surface area contributed by atoms with Crippen molar-refractivity contribution in [2.24, 2.45) is 5.92 Å². The van der Waals surface area contributed by atoms with E-state index in [4.69, 9.17) is 21.2 Å². The molecule has 0 aliphatic heterocycles. The van der Waals surface area contributed by atoms with Crippen LogP contribution >= 0.6 is 11.6 Å². The fraction of sp³-hybridized carbons (Fsp3) is 0.323. The van der Waals surface area contributed by atoms with Gasteiger partial charge in [-0.3, -0.25) is 23.7 Å². The summed E-state index contributed by atoms with van der Waals surface area (Å²) >= 11 is 6.05. The number of aromatic nitrogens is 4. The molecule has 11 nitrogen and oxygen atoms in total. The van der Waals surface area contributed by atoms with E-state index in [9.17, 15) is 14.4 Å². The molecule has 3 aromatic heterocycles. The zero-order valence-electron chi connectivity index (χ0n) is 23.5. The minimum absolute atomic E-state index is 0.0458. The maximum Gasteiger partial charge on any atom is 0.333 e. The van der Waals surface area contributed by atoms with Crippen LogP contribution < -0.4 is 16.3 Å². The van der Waals surface area contributed by atoms with E-state index in [0.717, 1.165) is 36.7 Å². The first-order valence-electron chi connectivity index (χ1n) is 14.3. The first kappa shape index (κ1) is 28.6. The second kappa shape index (κ2) is 12.0. The Morgan fingerprint density at radius 3 is 2.60 bits per heavy atom. The number of aryl methyl sites for hydroxylation is 1. The molecule has 3 heterocycles. The molecule has 5 aromatic rings. The van der Waals surface area contributed by atoms with Crippen LogP contribution in [0.4, 0.5) is 0 Å². The number of imidazole rings is 1. The fourth-order valence-corrected chi connectivity index (χ4v) is 6.02. The molecule has 2 amide bonds. The molecule has 0 bridgehead atoms. The highest BCUT2D eigenvalue weighted by atomic mass is 35.5. The number of carbonyl (C=O) groups is 2. The minimum atomic E-state index is -0.444. The van der Waals surface area contributed by atoms with Gasteiger partial charge in [0, 0.05) is 31.4 Å². The van der Waals surface area contributed by atoms with E-state index in [2.05, 4.69) is 20.8 Å². The molecular formula is C31H31ClN6O5. The summed E-state index contributed by atoms with van der Waals surface area (Å²) in [6.45, 7) is 2.27. The van der Waals surface area contributed by atoms with E-state index in [1.807, 2.05) is 28.8 Å². The SMILES string of the molecule is Cc1ncc(Cl)cc1C(=O)N[C@H]1CC[C@H](Cn2c(=O)n(-c3ccc4c(C(=O)NCCO)noc4c3)c3ccccc32)CC1. The molecule has 222 valence electrons. The van der Waals surface area contributed by atoms with Crippen LogP contribution in [0.5, 0.6) is 0 Å². The van der Waals surface area contributed by atoms with Crippen LogP contribution in [0, 0.1) is 12.8 Å². The summed E-state index contributed by atoms with van der Waals surface area (Å²) in [5.41, 5.74) is 3.64. The van der Waals surface area contributed by atoms with Crippen molar-refractivity contribution < 1.29 is 19.2 Å². The van der Waals surface area contributed by atoms with Crippen molar-refractivity contribution in [3.05, 3.63) is 87.2 Å². The number of fused-ring (bicyclic) bond motifs is 2. The summed E-state index contributed by atoms with van der Waals surface area (Å²) in [7, 11) is 0. The van der Waals surface area contributed by atoms with E-state index in [0.29, 0.717) is 39.5 Å². The van der Waals surface area contributed by atoms with Crippen molar-refractivity contribution in [2.75, 3.05) is 13.2 Å². The third-order valence-electron chi connectivity index (χ3n) is 8.08. The summed E-state index contributed by atoms with van der Waals surface area (Å²) < 4.78 is 8.90. The summed E-state index contributed by atoms with van der Waals surface area (Å²) in [6, 6.07) is 14.5. The fourth-order valence-electron chi connectivity index (χ4n) is 5.86. The summed E-state index contributed by atoms with van der Waals surface area (Å²) in [6.07, 6.45) is 4.90. The number of aliphatic hydroxyl groups excluding tert-OH is 1. The highest BCUT2D eigenvalue weighted by Gasteiger charge is 2.26. The van der Waals surface area contributed by atoms with Crippen molar-refractivity contribution in [3.8, 4) is 5.69 Å². The lowest BCUT2D eigenvalue weighted by Gasteiger charge is -2.29. The second-order valence-electron chi connectivity index (χ2n) is 10.9. The van der Waals surface area contributed by atoms with Crippen molar-refractivity contribution in [1.29, 1.82) is 0 Å². The average Bonchev–Trinajstić information content (AvgIpc) is 3.56. The second-order valence-corrected chi connectivity index (χ2v) is 11.3. The normalized spacial score (nSPS) is 16.9. The Morgan fingerprint density at radius 1 is 1.07 bits per heavy atom.